The maximum absolute atomic E-state index is 6.14. The first kappa shape index (κ1) is 23.1. The summed E-state index contributed by atoms with van der Waals surface area (Å²) in [6.07, 6.45) is 4.38. The van der Waals surface area contributed by atoms with Gasteiger partial charge in [0.2, 0.25) is 5.88 Å². The topological polar surface area (TPSA) is 51.0 Å². The van der Waals surface area contributed by atoms with E-state index in [0.717, 1.165) is 39.7 Å². The van der Waals surface area contributed by atoms with Crippen molar-refractivity contribution in [1.29, 1.82) is 0 Å². The van der Waals surface area contributed by atoms with Gasteiger partial charge in [0.15, 0.2) is 0 Å². The quantitative estimate of drug-likeness (QED) is 0.192. The molecule has 4 heteroatoms. The maximum Gasteiger partial charge on any atom is 0.221 e. The number of furan rings is 2. The van der Waals surface area contributed by atoms with Crippen molar-refractivity contribution in [1.82, 2.24) is 0 Å². The maximum atomic E-state index is 6.14. The van der Waals surface area contributed by atoms with Crippen LogP contribution >= 0.6 is 0 Å². The number of hydrogen-bond donors (Lipinski definition) is 0. The van der Waals surface area contributed by atoms with Crippen LogP contribution in [-0.4, -0.2) is 12.6 Å². The first-order chi connectivity index (χ1) is 16.7. The van der Waals surface area contributed by atoms with Crippen LogP contribution in [0.15, 0.2) is 73.4 Å². The Bertz CT molecular complexity index is 1590. The summed E-state index contributed by atoms with van der Waals surface area (Å²) in [5, 5.41) is 4.60. The van der Waals surface area contributed by atoms with Crippen LogP contribution in [0.5, 0.6) is 0 Å². The van der Waals surface area contributed by atoms with E-state index in [4.69, 9.17) is 8.83 Å². The Kier molecular flexibility index (Phi) is 5.84. The molecule has 0 saturated heterocycles. The van der Waals surface area contributed by atoms with Crippen molar-refractivity contribution >= 4 is 51.1 Å². The summed E-state index contributed by atoms with van der Waals surface area (Å²) < 4.78 is 12.1. The molecule has 5 aromatic rings. The molecule has 0 aliphatic heterocycles. The summed E-state index contributed by atoms with van der Waals surface area (Å²) in [6.45, 7) is 13.2. The fourth-order valence-corrected chi connectivity index (χ4v) is 4.79. The molecule has 2 aromatic heterocycles. The van der Waals surface area contributed by atoms with Crippen LogP contribution in [0.25, 0.3) is 32.7 Å². The molecular weight excluding hydrogens is 432 g/mol. The van der Waals surface area contributed by atoms with Crippen molar-refractivity contribution in [2.45, 2.75) is 53.4 Å². The largest absolute Gasteiger partial charge is 0.460 e. The van der Waals surface area contributed by atoms with Gasteiger partial charge < -0.3 is 8.83 Å². The van der Waals surface area contributed by atoms with Crippen LogP contribution in [0.1, 0.15) is 57.1 Å². The van der Waals surface area contributed by atoms with E-state index >= 15 is 0 Å². The summed E-state index contributed by atoms with van der Waals surface area (Å²) in [7, 11) is 0. The van der Waals surface area contributed by atoms with E-state index in [1.54, 1.807) is 6.34 Å². The highest BCUT2D eigenvalue weighted by Gasteiger charge is 2.18. The lowest BCUT2D eigenvalue weighted by molar-refractivity contribution is 0.562. The Morgan fingerprint density at radius 1 is 0.914 bits per heavy atom. The predicted octanol–water partition coefficient (Wildman–Crippen LogP) is 8.92. The number of hydrogen-bond acceptors (Lipinski definition) is 3. The van der Waals surface area contributed by atoms with Crippen LogP contribution in [0, 0.1) is 12.8 Å². The van der Waals surface area contributed by atoms with Gasteiger partial charge in [-0.05, 0) is 70.8 Å². The molecule has 0 radical (unpaired) electrons. The summed E-state index contributed by atoms with van der Waals surface area (Å²) >= 11 is 0. The molecule has 0 spiro atoms. The molecule has 5 rings (SSSR count). The standard InChI is InChI=1S/C31H32N2O2/c1-19(2)13-25-20(3)34-30-24(25)11-12-28-26(30)16-29(35-28)33-18-32-17-21-14-22-9-7-8-10-23(22)27(15-21)31(4,5)6/h7-12,14-19H,13H2,1-6H3/b32-17?,33-18-. The minimum absolute atomic E-state index is 0.0381. The van der Waals surface area contributed by atoms with Crippen LogP contribution < -0.4 is 0 Å². The van der Waals surface area contributed by atoms with Crippen molar-refractivity contribution in [3.05, 3.63) is 77.0 Å². The van der Waals surface area contributed by atoms with E-state index in [9.17, 15) is 0 Å². The van der Waals surface area contributed by atoms with Gasteiger partial charge in [-0.25, -0.2) is 9.98 Å². The van der Waals surface area contributed by atoms with Crippen molar-refractivity contribution in [3.63, 3.8) is 0 Å². The van der Waals surface area contributed by atoms with E-state index in [0.29, 0.717) is 11.8 Å². The fraction of sp³-hybridized carbons (Fsp3) is 0.290. The lowest BCUT2D eigenvalue weighted by atomic mass is 9.83. The number of aliphatic imine (C=N–C) groups is 2. The molecule has 0 aliphatic carbocycles. The van der Waals surface area contributed by atoms with Crippen molar-refractivity contribution < 1.29 is 8.83 Å². The first-order valence-electron chi connectivity index (χ1n) is 12.2. The van der Waals surface area contributed by atoms with E-state index in [2.05, 4.69) is 87.1 Å². The fourth-order valence-electron chi connectivity index (χ4n) is 4.79. The lowest BCUT2D eigenvalue weighted by Crippen LogP contribution is -2.12. The normalized spacial score (nSPS) is 13.0. The second-order valence-corrected chi connectivity index (χ2v) is 10.7. The third-order valence-electron chi connectivity index (χ3n) is 6.42. The third-order valence-corrected chi connectivity index (χ3v) is 6.42. The van der Waals surface area contributed by atoms with E-state index in [1.165, 1.54) is 21.9 Å². The Labute approximate surface area is 206 Å². The molecule has 0 amide bonds. The van der Waals surface area contributed by atoms with E-state index in [-0.39, 0.29) is 5.41 Å². The number of benzene rings is 3. The predicted molar refractivity (Wildman–Crippen MR) is 148 cm³/mol. The molecule has 2 heterocycles. The highest BCUT2D eigenvalue weighted by Crippen LogP contribution is 2.36. The number of fused-ring (bicyclic) bond motifs is 4. The minimum Gasteiger partial charge on any atom is -0.460 e. The number of nitrogens with zero attached hydrogens (tertiary/aromatic N) is 2. The molecule has 35 heavy (non-hydrogen) atoms. The van der Waals surface area contributed by atoms with Crippen LogP contribution in [0.3, 0.4) is 0 Å². The van der Waals surface area contributed by atoms with Gasteiger partial charge in [-0.1, -0.05) is 58.9 Å². The zero-order valence-electron chi connectivity index (χ0n) is 21.3. The van der Waals surface area contributed by atoms with Crippen molar-refractivity contribution in [2.75, 3.05) is 0 Å². The Morgan fingerprint density at radius 2 is 1.71 bits per heavy atom. The summed E-state index contributed by atoms with van der Waals surface area (Å²) in [5.41, 5.74) is 5.31. The Balaban J connectivity index is 1.44. The monoisotopic (exact) mass is 464 g/mol. The second-order valence-electron chi connectivity index (χ2n) is 10.7. The highest BCUT2D eigenvalue weighted by molar-refractivity contribution is 6.05. The Morgan fingerprint density at radius 3 is 2.49 bits per heavy atom. The highest BCUT2D eigenvalue weighted by atomic mass is 16.4. The molecule has 3 aromatic carbocycles. The van der Waals surface area contributed by atoms with Gasteiger partial charge in [-0.2, -0.15) is 0 Å². The summed E-state index contributed by atoms with van der Waals surface area (Å²) in [5.74, 6) is 2.05. The molecule has 0 bridgehead atoms. The molecule has 0 aliphatic rings. The number of aryl methyl sites for hydroxylation is 1. The van der Waals surface area contributed by atoms with Crippen LogP contribution in [-0.2, 0) is 11.8 Å². The average Bonchev–Trinajstić information content (AvgIpc) is 3.36. The molecule has 178 valence electrons. The minimum atomic E-state index is 0.0381. The first-order valence-corrected chi connectivity index (χ1v) is 12.2. The van der Waals surface area contributed by atoms with Gasteiger partial charge in [0.1, 0.15) is 23.3 Å². The molecule has 0 fully saturated rings. The van der Waals surface area contributed by atoms with Gasteiger partial charge in [0.05, 0.1) is 5.39 Å². The lowest BCUT2D eigenvalue weighted by Gasteiger charge is -2.22. The van der Waals surface area contributed by atoms with Gasteiger partial charge >= 0.3 is 0 Å². The van der Waals surface area contributed by atoms with Gasteiger partial charge in [-0.3, -0.25) is 0 Å². The Hall–Kier alpha value is -3.66. The van der Waals surface area contributed by atoms with Crippen LogP contribution in [0.2, 0.25) is 0 Å². The summed E-state index contributed by atoms with van der Waals surface area (Å²) in [4.78, 5) is 8.90. The smallest absolute Gasteiger partial charge is 0.221 e. The van der Waals surface area contributed by atoms with E-state index < -0.39 is 0 Å². The third kappa shape index (κ3) is 4.53. The SMILES string of the molecule is Cc1oc2c(ccc3oc(/N=C\N=Cc4cc(C(C)(C)C)c5ccccc5c4)cc32)c1CC(C)C. The van der Waals surface area contributed by atoms with Gasteiger partial charge in [0.25, 0.3) is 0 Å². The van der Waals surface area contributed by atoms with E-state index in [1.807, 2.05) is 25.3 Å². The summed E-state index contributed by atoms with van der Waals surface area (Å²) in [6, 6.07) is 18.9. The molecule has 0 atom stereocenters. The van der Waals surface area contributed by atoms with Gasteiger partial charge in [0, 0.05) is 23.2 Å². The number of rotatable bonds is 5. The van der Waals surface area contributed by atoms with Crippen molar-refractivity contribution in [2.24, 2.45) is 15.9 Å². The molecule has 0 saturated carbocycles. The molecule has 4 nitrogen and oxygen atoms in total. The second kappa shape index (κ2) is 8.84. The zero-order valence-corrected chi connectivity index (χ0v) is 21.3. The van der Waals surface area contributed by atoms with Crippen molar-refractivity contribution in [3.8, 4) is 0 Å². The molecular formula is C31H32N2O2. The zero-order chi connectivity index (χ0) is 24.7. The molecule has 0 unspecified atom stereocenters. The average molecular weight is 465 g/mol. The van der Waals surface area contributed by atoms with Gasteiger partial charge in [-0.15, -0.1) is 0 Å². The molecule has 0 N–H and O–H groups in total. The van der Waals surface area contributed by atoms with Crippen LogP contribution in [0.4, 0.5) is 5.88 Å².